The lowest BCUT2D eigenvalue weighted by atomic mass is 9.79. The van der Waals surface area contributed by atoms with Crippen molar-refractivity contribution >= 4 is 16.7 Å². The molecule has 20 heavy (non-hydrogen) atoms. The molecule has 1 saturated carbocycles. The molecule has 1 aromatic carbocycles. The first kappa shape index (κ1) is 13.3. The minimum Gasteiger partial charge on any atom is -0.294 e. The number of aryl methyl sites for hydroxylation is 1. The Morgan fingerprint density at radius 2 is 1.85 bits per heavy atom. The van der Waals surface area contributed by atoms with E-state index in [0.717, 1.165) is 40.9 Å². The zero-order valence-corrected chi connectivity index (χ0v) is 12.2. The summed E-state index contributed by atoms with van der Waals surface area (Å²) < 4.78 is 0. The molecule has 0 saturated heterocycles. The van der Waals surface area contributed by atoms with Crippen molar-refractivity contribution in [2.24, 2.45) is 11.8 Å². The zero-order valence-electron chi connectivity index (χ0n) is 12.2. The maximum Gasteiger partial charge on any atom is 0.166 e. The van der Waals surface area contributed by atoms with Crippen LogP contribution in [0.1, 0.15) is 48.7 Å². The number of hydrogen-bond donors (Lipinski definition) is 0. The molecule has 3 rings (SSSR count). The van der Waals surface area contributed by atoms with Gasteiger partial charge in [0.2, 0.25) is 0 Å². The van der Waals surface area contributed by atoms with E-state index in [1.165, 1.54) is 12.8 Å². The summed E-state index contributed by atoms with van der Waals surface area (Å²) in [5, 5.41) is 1.00. The smallest absolute Gasteiger partial charge is 0.166 e. The van der Waals surface area contributed by atoms with Gasteiger partial charge in [-0.3, -0.25) is 9.78 Å². The zero-order chi connectivity index (χ0) is 14.1. The van der Waals surface area contributed by atoms with Crippen LogP contribution in [0.25, 0.3) is 10.9 Å². The molecule has 1 aromatic heterocycles. The second-order valence-electron chi connectivity index (χ2n) is 6.15. The maximum atomic E-state index is 12.8. The van der Waals surface area contributed by atoms with Crippen LogP contribution in [0.2, 0.25) is 0 Å². The summed E-state index contributed by atoms with van der Waals surface area (Å²) in [6.45, 7) is 4.25. The van der Waals surface area contributed by atoms with Crippen molar-refractivity contribution in [2.45, 2.75) is 39.5 Å². The van der Waals surface area contributed by atoms with Gasteiger partial charge in [-0.1, -0.05) is 38.0 Å². The minimum atomic E-state index is 0.205. The summed E-state index contributed by atoms with van der Waals surface area (Å²) in [6, 6.07) is 9.93. The predicted octanol–water partition coefficient (Wildman–Crippen LogP) is 4.55. The highest BCUT2D eigenvalue weighted by atomic mass is 16.1. The van der Waals surface area contributed by atoms with Crippen LogP contribution in [-0.4, -0.2) is 10.8 Å². The number of rotatable bonds is 2. The van der Waals surface area contributed by atoms with Gasteiger partial charge in [-0.15, -0.1) is 0 Å². The van der Waals surface area contributed by atoms with E-state index >= 15 is 0 Å². The Morgan fingerprint density at radius 1 is 1.15 bits per heavy atom. The molecule has 0 aliphatic heterocycles. The van der Waals surface area contributed by atoms with E-state index in [-0.39, 0.29) is 5.92 Å². The summed E-state index contributed by atoms with van der Waals surface area (Å²) >= 11 is 0. The highest BCUT2D eigenvalue weighted by Gasteiger charge is 2.26. The number of Topliss-reactive ketones (excluding diaryl/α,β-unsaturated/α-hetero) is 1. The number of carbonyl (C=O) groups is 1. The Morgan fingerprint density at radius 3 is 2.60 bits per heavy atom. The third kappa shape index (κ3) is 2.47. The molecule has 1 heterocycles. The van der Waals surface area contributed by atoms with Gasteiger partial charge in [-0.25, -0.2) is 0 Å². The van der Waals surface area contributed by atoms with Crippen LogP contribution >= 0.6 is 0 Å². The molecular weight excluding hydrogens is 246 g/mol. The van der Waals surface area contributed by atoms with Crippen molar-refractivity contribution in [2.75, 3.05) is 0 Å². The van der Waals surface area contributed by atoms with Gasteiger partial charge in [0.05, 0.1) is 5.52 Å². The van der Waals surface area contributed by atoms with E-state index in [2.05, 4.69) is 11.9 Å². The quantitative estimate of drug-likeness (QED) is 0.747. The lowest BCUT2D eigenvalue weighted by molar-refractivity contribution is 0.0877. The van der Waals surface area contributed by atoms with Crippen LogP contribution in [0.3, 0.4) is 0 Å². The average molecular weight is 267 g/mol. The van der Waals surface area contributed by atoms with Crippen LogP contribution < -0.4 is 0 Å². The predicted molar refractivity (Wildman–Crippen MR) is 81.9 cm³/mol. The fourth-order valence-corrected chi connectivity index (χ4v) is 3.25. The first-order valence-electron chi connectivity index (χ1n) is 7.56. The highest BCUT2D eigenvalue weighted by Crippen LogP contribution is 2.32. The highest BCUT2D eigenvalue weighted by molar-refractivity contribution is 6.08. The third-order valence-corrected chi connectivity index (χ3v) is 4.50. The van der Waals surface area contributed by atoms with Crippen molar-refractivity contribution in [1.29, 1.82) is 0 Å². The number of nitrogens with zero attached hydrogens (tertiary/aromatic N) is 1. The molecule has 0 bridgehead atoms. The summed E-state index contributed by atoms with van der Waals surface area (Å²) in [4.78, 5) is 17.4. The normalized spacial score (nSPS) is 22.9. The number of ketones is 1. The third-order valence-electron chi connectivity index (χ3n) is 4.50. The van der Waals surface area contributed by atoms with Crippen molar-refractivity contribution in [3.63, 3.8) is 0 Å². The molecule has 0 radical (unpaired) electrons. The first-order valence-corrected chi connectivity index (χ1v) is 7.56. The van der Waals surface area contributed by atoms with E-state index in [1.54, 1.807) is 0 Å². The van der Waals surface area contributed by atoms with Gasteiger partial charge in [0.25, 0.3) is 0 Å². The monoisotopic (exact) mass is 267 g/mol. The van der Waals surface area contributed by atoms with Crippen LogP contribution in [0.4, 0.5) is 0 Å². The van der Waals surface area contributed by atoms with E-state index < -0.39 is 0 Å². The second kappa shape index (κ2) is 5.35. The Hall–Kier alpha value is -1.70. The van der Waals surface area contributed by atoms with Gasteiger partial charge in [-0.05, 0) is 37.8 Å². The summed E-state index contributed by atoms with van der Waals surface area (Å²) in [7, 11) is 0. The number of benzene rings is 1. The van der Waals surface area contributed by atoms with E-state index in [4.69, 9.17) is 0 Å². The van der Waals surface area contributed by atoms with Gasteiger partial charge in [0.15, 0.2) is 5.78 Å². The number of carbonyl (C=O) groups excluding carboxylic acids is 1. The number of hydrogen-bond acceptors (Lipinski definition) is 2. The SMILES string of the molecule is Cc1cc(C(=O)C2CCC(C)CC2)c2ccccc2n1. The Labute approximate surface area is 120 Å². The summed E-state index contributed by atoms with van der Waals surface area (Å²) in [6.07, 6.45) is 4.43. The fraction of sp³-hybridized carbons (Fsp3) is 0.444. The summed E-state index contributed by atoms with van der Waals surface area (Å²) in [5.74, 6) is 1.30. The van der Waals surface area contributed by atoms with E-state index in [9.17, 15) is 4.79 Å². The number of aromatic nitrogens is 1. The molecule has 1 aliphatic carbocycles. The Kier molecular flexibility index (Phi) is 3.56. The van der Waals surface area contributed by atoms with Gasteiger partial charge >= 0.3 is 0 Å². The average Bonchev–Trinajstić information content (AvgIpc) is 2.46. The minimum absolute atomic E-state index is 0.205. The topological polar surface area (TPSA) is 30.0 Å². The molecular formula is C18H21NO. The lowest BCUT2D eigenvalue weighted by Gasteiger charge is -2.25. The van der Waals surface area contributed by atoms with Gasteiger partial charge in [0.1, 0.15) is 0 Å². The molecule has 0 atom stereocenters. The van der Waals surface area contributed by atoms with Gasteiger partial charge in [-0.2, -0.15) is 0 Å². The first-order chi connectivity index (χ1) is 9.65. The van der Waals surface area contributed by atoms with Crippen LogP contribution in [0.5, 0.6) is 0 Å². The lowest BCUT2D eigenvalue weighted by Crippen LogP contribution is -2.21. The molecule has 2 aromatic rings. The number of fused-ring (bicyclic) bond motifs is 1. The molecule has 2 heteroatoms. The standard InChI is InChI=1S/C18H21NO/c1-12-7-9-14(10-8-12)18(20)16-11-13(2)19-17-6-4-3-5-15(16)17/h3-6,11-12,14H,7-10H2,1-2H3. The fourth-order valence-electron chi connectivity index (χ4n) is 3.25. The van der Waals surface area contributed by atoms with Crippen molar-refractivity contribution in [3.05, 3.63) is 41.6 Å². The van der Waals surface area contributed by atoms with Crippen LogP contribution in [0.15, 0.2) is 30.3 Å². The molecule has 1 aliphatic rings. The Balaban J connectivity index is 1.99. The molecule has 1 fully saturated rings. The largest absolute Gasteiger partial charge is 0.294 e. The molecule has 0 N–H and O–H groups in total. The van der Waals surface area contributed by atoms with E-state index in [1.807, 2.05) is 37.3 Å². The van der Waals surface area contributed by atoms with Crippen molar-refractivity contribution < 1.29 is 4.79 Å². The molecule has 0 amide bonds. The van der Waals surface area contributed by atoms with E-state index in [0.29, 0.717) is 5.78 Å². The molecule has 0 unspecified atom stereocenters. The van der Waals surface area contributed by atoms with Crippen LogP contribution in [-0.2, 0) is 0 Å². The Bertz CT molecular complexity index is 639. The maximum absolute atomic E-state index is 12.8. The van der Waals surface area contributed by atoms with Crippen molar-refractivity contribution in [1.82, 2.24) is 4.98 Å². The van der Waals surface area contributed by atoms with Crippen molar-refractivity contribution in [3.8, 4) is 0 Å². The van der Waals surface area contributed by atoms with Gasteiger partial charge < -0.3 is 0 Å². The number of pyridine rings is 1. The summed E-state index contributed by atoms with van der Waals surface area (Å²) in [5.41, 5.74) is 2.73. The molecule has 0 spiro atoms. The molecule has 2 nitrogen and oxygen atoms in total. The van der Waals surface area contributed by atoms with Gasteiger partial charge in [0, 0.05) is 22.6 Å². The number of para-hydroxylation sites is 1. The molecule has 104 valence electrons. The van der Waals surface area contributed by atoms with Crippen LogP contribution in [0, 0.1) is 18.8 Å². The second-order valence-corrected chi connectivity index (χ2v) is 6.15.